The molecule has 118 valence electrons. The fourth-order valence-electron chi connectivity index (χ4n) is 3.21. The number of anilines is 1. The number of amides is 1. The molecule has 3 nitrogen and oxygen atoms in total. The van der Waals surface area contributed by atoms with Crippen LogP contribution in [-0.4, -0.2) is 10.9 Å². The Morgan fingerprint density at radius 2 is 1.92 bits per heavy atom. The van der Waals surface area contributed by atoms with Gasteiger partial charge in [-0.15, -0.1) is 0 Å². The first-order valence-electron chi connectivity index (χ1n) is 8.08. The smallest absolute Gasteiger partial charge is 0.234 e. The van der Waals surface area contributed by atoms with Crippen molar-refractivity contribution in [2.75, 3.05) is 5.32 Å². The van der Waals surface area contributed by atoms with E-state index in [2.05, 4.69) is 22.4 Å². The average Bonchev–Trinajstić information content (AvgIpc) is 2.62. The number of hydrogen-bond acceptors (Lipinski definition) is 2. The SMILES string of the molecule is CC1(C(=O)Nc2cccc3cccnc23)C=Cc2ccccc2C1. The molecule has 0 spiro atoms. The van der Waals surface area contributed by atoms with Crippen LogP contribution in [0.2, 0.25) is 0 Å². The normalized spacial score (nSPS) is 19.0. The van der Waals surface area contributed by atoms with Gasteiger partial charge in [-0.1, -0.05) is 54.6 Å². The van der Waals surface area contributed by atoms with Gasteiger partial charge in [0.05, 0.1) is 16.6 Å². The Kier molecular flexibility index (Phi) is 3.42. The second-order valence-electron chi connectivity index (χ2n) is 6.46. The number of hydrogen-bond donors (Lipinski definition) is 1. The Morgan fingerprint density at radius 1 is 1.08 bits per heavy atom. The Balaban J connectivity index is 1.65. The van der Waals surface area contributed by atoms with Crippen LogP contribution in [0, 0.1) is 5.41 Å². The van der Waals surface area contributed by atoms with E-state index < -0.39 is 5.41 Å². The number of pyridine rings is 1. The van der Waals surface area contributed by atoms with Crippen molar-refractivity contribution in [3.05, 3.63) is 78.0 Å². The highest BCUT2D eigenvalue weighted by Gasteiger charge is 2.33. The number of aromatic nitrogens is 1. The van der Waals surface area contributed by atoms with Crippen LogP contribution >= 0.6 is 0 Å². The van der Waals surface area contributed by atoms with E-state index in [-0.39, 0.29) is 5.91 Å². The lowest BCUT2D eigenvalue weighted by atomic mass is 9.77. The van der Waals surface area contributed by atoms with Crippen molar-refractivity contribution in [2.45, 2.75) is 13.3 Å². The summed E-state index contributed by atoms with van der Waals surface area (Å²) in [7, 11) is 0. The van der Waals surface area contributed by atoms with Crippen LogP contribution in [0.15, 0.2) is 66.9 Å². The molecule has 0 fully saturated rings. The minimum absolute atomic E-state index is 0.00796. The molecule has 3 aromatic rings. The topological polar surface area (TPSA) is 42.0 Å². The van der Waals surface area contributed by atoms with Gasteiger partial charge < -0.3 is 5.32 Å². The molecule has 1 aliphatic carbocycles. The van der Waals surface area contributed by atoms with Crippen molar-refractivity contribution >= 4 is 28.6 Å². The Bertz CT molecular complexity index is 955. The number of fused-ring (bicyclic) bond motifs is 2. The Morgan fingerprint density at radius 3 is 2.83 bits per heavy atom. The molecule has 0 saturated carbocycles. The van der Waals surface area contributed by atoms with Crippen molar-refractivity contribution < 1.29 is 4.79 Å². The monoisotopic (exact) mass is 314 g/mol. The zero-order valence-electron chi connectivity index (χ0n) is 13.5. The first-order chi connectivity index (χ1) is 11.7. The predicted molar refractivity (Wildman–Crippen MR) is 97.7 cm³/mol. The van der Waals surface area contributed by atoms with Gasteiger partial charge in [0.1, 0.15) is 0 Å². The van der Waals surface area contributed by atoms with Crippen LogP contribution < -0.4 is 5.32 Å². The third-order valence-corrected chi connectivity index (χ3v) is 4.64. The Labute approximate surface area is 141 Å². The summed E-state index contributed by atoms with van der Waals surface area (Å²) in [5.41, 5.74) is 3.40. The molecule has 2 aromatic carbocycles. The van der Waals surface area contributed by atoms with Crippen molar-refractivity contribution in [3.63, 3.8) is 0 Å². The van der Waals surface area contributed by atoms with E-state index in [0.29, 0.717) is 6.42 Å². The second-order valence-corrected chi connectivity index (χ2v) is 6.46. The molecule has 3 heteroatoms. The van der Waals surface area contributed by atoms with E-state index in [1.807, 2.05) is 61.5 Å². The molecule has 24 heavy (non-hydrogen) atoms. The summed E-state index contributed by atoms with van der Waals surface area (Å²) in [6.07, 6.45) is 6.49. The fraction of sp³-hybridized carbons (Fsp3) is 0.143. The van der Waals surface area contributed by atoms with Gasteiger partial charge in [0.2, 0.25) is 5.91 Å². The molecule has 1 aromatic heterocycles. The standard InChI is InChI=1S/C21H18N2O/c1-21(12-11-15-6-2-3-7-17(15)14-21)20(24)23-18-10-4-8-16-9-5-13-22-19(16)18/h2-13H,14H2,1H3,(H,23,24). The fourth-order valence-corrected chi connectivity index (χ4v) is 3.21. The largest absolute Gasteiger partial charge is 0.323 e. The number of rotatable bonds is 2. The first kappa shape index (κ1) is 14.6. The Hall–Kier alpha value is -2.94. The maximum absolute atomic E-state index is 13.0. The summed E-state index contributed by atoms with van der Waals surface area (Å²) in [4.78, 5) is 17.4. The molecule has 0 saturated heterocycles. The van der Waals surface area contributed by atoms with Gasteiger partial charge >= 0.3 is 0 Å². The van der Waals surface area contributed by atoms with Gasteiger partial charge in [-0.3, -0.25) is 9.78 Å². The summed E-state index contributed by atoms with van der Waals surface area (Å²) in [6, 6.07) is 17.9. The second kappa shape index (κ2) is 5.60. The molecule has 0 aliphatic heterocycles. The number of para-hydroxylation sites is 1. The van der Waals surface area contributed by atoms with Gasteiger partial charge in [-0.2, -0.15) is 0 Å². The molecule has 0 bridgehead atoms. The van der Waals surface area contributed by atoms with Crippen molar-refractivity contribution in [1.29, 1.82) is 0 Å². The van der Waals surface area contributed by atoms with Gasteiger partial charge in [-0.05, 0) is 36.6 Å². The lowest BCUT2D eigenvalue weighted by Gasteiger charge is -2.29. The maximum atomic E-state index is 13.0. The number of carbonyl (C=O) groups is 1. The minimum atomic E-state index is -0.564. The zero-order chi connectivity index (χ0) is 16.6. The van der Waals surface area contributed by atoms with Gasteiger partial charge in [0.15, 0.2) is 0 Å². The van der Waals surface area contributed by atoms with Crippen molar-refractivity contribution in [1.82, 2.24) is 4.98 Å². The van der Waals surface area contributed by atoms with Gasteiger partial charge in [0, 0.05) is 11.6 Å². The highest BCUT2D eigenvalue weighted by Crippen LogP contribution is 2.34. The van der Waals surface area contributed by atoms with E-state index in [0.717, 1.165) is 16.6 Å². The van der Waals surface area contributed by atoms with Crippen LogP contribution in [0.5, 0.6) is 0 Å². The quantitative estimate of drug-likeness (QED) is 0.759. The summed E-state index contributed by atoms with van der Waals surface area (Å²) in [5.74, 6) is -0.00796. The molecule has 4 rings (SSSR count). The number of benzene rings is 2. The molecule has 0 radical (unpaired) electrons. The number of carbonyl (C=O) groups excluding carboxylic acids is 1. The van der Waals surface area contributed by atoms with E-state index >= 15 is 0 Å². The van der Waals surface area contributed by atoms with E-state index in [1.54, 1.807) is 6.20 Å². The third kappa shape index (κ3) is 2.48. The third-order valence-electron chi connectivity index (χ3n) is 4.64. The highest BCUT2D eigenvalue weighted by molar-refractivity contribution is 6.03. The van der Waals surface area contributed by atoms with E-state index in [1.165, 1.54) is 11.1 Å². The molecular formula is C21H18N2O. The first-order valence-corrected chi connectivity index (χ1v) is 8.08. The lowest BCUT2D eigenvalue weighted by Crippen LogP contribution is -2.35. The molecule has 1 aliphatic rings. The van der Waals surface area contributed by atoms with Crippen LogP contribution in [0.25, 0.3) is 17.0 Å². The van der Waals surface area contributed by atoms with Crippen molar-refractivity contribution in [3.8, 4) is 0 Å². The molecule has 1 atom stereocenters. The van der Waals surface area contributed by atoms with E-state index in [4.69, 9.17) is 0 Å². The lowest BCUT2D eigenvalue weighted by molar-refractivity contribution is -0.122. The average molecular weight is 314 g/mol. The van der Waals surface area contributed by atoms with Crippen LogP contribution in [0.1, 0.15) is 18.1 Å². The van der Waals surface area contributed by atoms with Crippen LogP contribution in [0.4, 0.5) is 5.69 Å². The predicted octanol–water partition coefficient (Wildman–Crippen LogP) is 4.45. The van der Waals surface area contributed by atoms with Crippen LogP contribution in [-0.2, 0) is 11.2 Å². The zero-order valence-corrected chi connectivity index (χ0v) is 13.5. The molecule has 1 amide bonds. The van der Waals surface area contributed by atoms with Gasteiger partial charge in [-0.25, -0.2) is 0 Å². The maximum Gasteiger partial charge on any atom is 0.234 e. The molecule has 1 N–H and O–H groups in total. The molecule has 1 unspecified atom stereocenters. The summed E-state index contributed by atoms with van der Waals surface area (Å²) in [6.45, 7) is 1.98. The minimum Gasteiger partial charge on any atom is -0.323 e. The number of nitrogens with one attached hydrogen (secondary N) is 1. The van der Waals surface area contributed by atoms with Crippen LogP contribution in [0.3, 0.4) is 0 Å². The molecular weight excluding hydrogens is 296 g/mol. The summed E-state index contributed by atoms with van der Waals surface area (Å²) in [5, 5.41) is 4.09. The highest BCUT2D eigenvalue weighted by atomic mass is 16.2. The molecule has 1 heterocycles. The van der Waals surface area contributed by atoms with Gasteiger partial charge in [0.25, 0.3) is 0 Å². The summed E-state index contributed by atoms with van der Waals surface area (Å²) >= 11 is 0. The van der Waals surface area contributed by atoms with E-state index in [9.17, 15) is 4.79 Å². The number of nitrogens with zero attached hydrogens (tertiary/aromatic N) is 1. The summed E-state index contributed by atoms with van der Waals surface area (Å²) < 4.78 is 0. The van der Waals surface area contributed by atoms with Crippen molar-refractivity contribution in [2.24, 2.45) is 5.41 Å².